The van der Waals surface area contributed by atoms with Crippen LogP contribution in [-0.2, 0) is 45.7 Å². The minimum atomic E-state index is -4.19. The van der Waals surface area contributed by atoms with E-state index in [1.54, 1.807) is 60.7 Å². The van der Waals surface area contributed by atoms with E-state index in [-0.39, 0.29) is 9.79 Å². The highest BCUT2D eigenvalue weighted by Gasteiger charge is 2.25. The Balaban J connectivity index is 1.41. The minimum Gasteiger partial charge on any atom is -0.493 e. The van der Waals surface area contributed by atoms with E-state index in [1.807, 2.05) is 64.1 Å². The molecule has 6 aromatic carbocycles. The number of carbonyl (C=O) groups excluding carboxylic acids is 2. The molecule has 4 N–H and O–H groups in total. The quantitative estimate of drug-likeness (QED) is 0.0644. The number of anilines is 2. The highest BCUT2D eigenvalue weighted by atomic mass is 32.2. The van der Waals surface area contributed by atoms with E-state index in [0.29, 0.717) is 86.5 Å². The van der Waals surface area contributed by atoms with E-state index in [9.17, 15) is 26.4 Å². The van der Waals surface area contributed by atoms with E-state index in [0.717, 1.165) is 70.2 Å². The number of fused-ring (bicyclic) bond motifs is 8. The molecule has 70 heavy (non-hydrogen) atoms. The number of para-hydroxylation sites is 2. The molecule has 0 saturated heterocycles. The topological polar surface area (TPSA) is 187 Å². The van der Waals surface area contributed by atoms with Crippen LogP contribution in [0.2, 0.25) is 0 Å². The second-order valence-electron chi connectivity index (χ2n) is 16.9. The Morgan fingerprint density at radius 3 is 0.943 bits per heavy atom. The van der Waals surface area contributed by atoms with Gasteiger partial charge in [0.15, 0.2) is 0 Å². The molecule has 0 aromatic heterocycles. The number of carbonyl (C=O) groups is 2. The number of rotatable bonds is 18. The molecule has 6 aromatic rings. The van der Waals surface area contributed by atoms with Crippen LogP contribution < -0.4 is 39.0 Å². The molecule has 0 saturated carbocycles. The molecule has 0 heterocycles. The molecule has 16 heteroatoms. The summed E-state index contributed by atoms with van der Waals surface area (Å²) < 4.78 is 83.8. The van der Waals surface area contributed by atoms with Crippen molar-refractivity contribution in [1.82, 2.24) is 9.44 Å². The van der Waals surface area contributed by atoms with Crippen molar-refractivity contribution in [2.45, 2.75) is 88.9 Å². The fraction of sp³-hybridized carbons (Fsp3) is 0.296. The summed E-state index contributed by atoms with van der Waals surface area (Å²) in [6, 6.07) is 32.5. The van der Waals surface area contributed by atoms with Crippen molar-refractivity contribution in [2.24, 2.45) is 0 Å². The lowest BCUT2D eigenvalue weighted by Gasteiger charge is -2.24. The first-order valence-electron chi connectivity index (χ1n) is 23.6. The van der Waals surface area contributed by atoms with Crippen LogP contribution in [0.1, 0.15) is 97.9 Å². The van der Waals surface area contributed by atoms with Crippen molar-refractivity contribution in [3.05, 3.63) is 166 Å². The third-order valence-corrected chi connectivity index (χ3v) is 13.9. The van der Waals surface area contributed by atoms with Gasteiger partial charge in [0, 0.05) is 59.3 Å². The Morgan fingerprint density at radius 1 is 0.400 bits per heavy atom. The first kappa shape index (κ1) is 50.8. The Morgan fingerprint density at radius 2 is 0.671 bits per heavy atom. The summed E-state index contributed by atoms with van der Waals surface area (Å²) in [4.78, 5) is 27.1. The second-order valence-corrected chi connectivity index (χ2v) is 20.3. The van der Waals surface area contributed by atoms with Gasteiger partial charge in [0.05, 0.1) is 36.2 Å². The molecule has 7 rings (SSSR count). The van der Waals surface area contributed by atoms with E-state index < -0.39 is 32.1 Å². The predicted molar refractivity (Wildman–Crippen MR) is 272 cm³/mol. The van der Waals surface area contributed by atoms with Crippen LogP contribution >= 0.6 is 0 Å². The van der Waals surface area contributed by atoms with Crippen LogP contribution in [-0.4, -0.2) is 55.3 Å². The average molecular weight is 989 g/mol. The zero-order valence-corrected chi connectivity index (χ0v) is 41.6. The van der Waals surface area contributed by atoms with Crippen molar-refractivity contribution < 1.29 is 45.4 Å². The zero-order chi connectivity index (χ0) is 49.7. The highest BCUT2D eigenvalue weighted by Crippen LogP contribution is 2.41. The Bertz CT molecular complexity index is 2730. The Kier molecular flexibility index (Phi) is 17.1. The molecule has 0 aliphatic heterocycles. The highest BCUT2D eigenvalue weighted by molar-refractivity contribution is 7.90. The Hall–Kier alpha value is -7.04. The summed E-state index contributed by atoms with van der Waals surface area (Å²) in [5.41, 5.74) is 6.89. The summed E-state index contributed by atoms with van der Waals surface area (Å²) in [5, 5.41) is 5.60. The molecule has 1 aliphatic carbocycles. The standard InChI is InChI=1S/C54H60N4O10S2/c1-5-25-65-49-37-17-15-18-38(49)30-42-34-46(56-54(60)58-70(63,64)48-23-13-10-14-24-48)36-44(52(42)68-28-8-4)32-40-20-16-19-39(50(40)66-26-6-2)31-43-35-45(33-41(29-37)51(43)67-27-7-3)55-53(59)57-69(61,62)47-21-11-9-12-22-47/h9-24,33-36H,5-8,25-32H2,1-4H3,(H2,55,57,59)(H2,56,58,60). The van der Waals surface area contributed by atoms with Gasteiger partial charge in [0.1, 0.15) is 23.0 Å². The van der Waals surface area contributed by atoms with Gasteiger partial charge in [-0.2, -0.15) is 0 Å². The number of nitrogens with one attached hydrogen (secondary N) is 4. The Labute approximate surface area is 411 Å². The van der Waals surface area contributed by atoms with Gasteiger partial charge in [-0.05, 0) is 96.5 Å². The predicted octanol–water partition coefficient (Wildman–Crippen LogP) is 10.5. The fourth-order valence-electron chi connectivity index (χ4n) is 8.26. The average Bonchev–Trinajstić information content (AvgIpc) is 3.33. The number of sulfonamides is 2. The van der Waals surface area contributed by atoms with Crippen molar-refractivity contribution in [2.75, 3.05) is 37.1 Å². The third kappa shape index (κ3) is 12.8. The number of ether oxygens (including phenoxy) is 4. The lowest BCUT2D eigenvalue weighted by Crippen LogP contribution is -2.34. The van der Waals surface area contributed by atoms with Gasteiger partial charge < -0.3 is 29.6 Å². The van der Waals surface area contributed by atoms with Crippen molar-refractivity contribution >= 4 is 43.5 Å². The van der Waals surface area contributed by atoms with Gasteiger partial charge in [0.25, 0.3) is 20.0 Å². The molecule has 0 spiro atoms. The maximum Gasteiger partial charge on any atom is 0.333 e. The van der Waals surface area contributed by atoms with Crippen LogP contribution in [0, 0.1) is 0 Å². The second kappa shape index (κ2) is 23.5. The van der Waals surface area contributed by atoms with Crippen LogP contribution in [0.5, 0.6) is 23.0 Å². The van der Waals surface area contributed by atoms with Crippen molar-refractivity contribution in [3.63, 3.8) is 0 Å². The summed E-state index contributed by atoms with van der Waals surface area (Å²) >= 11 is 0. The first-order valence-corrected chi connectivity index (χ1v) is 26.6. The van der Waals surface area contributed by atoms with E-state index in [2.05, 4.69) is 20.1 Å². The number of benzene rings is 6. The number of amides is 4. The van der Waals surface area contributed by atoms with Gasteiger partial charge in [-0.1, -0.05) is 100 Å². The number of urea groups is 2. The lowest BCUT2D eigenvalue weighted by molar-refractivity contribution is 0.255. The molecule has 368 valence electrons. The molecule has 0 radical (unpaired) electrons. The van der Waals surface area contributed by atoms with Gasteiger partial charge in [-0.25, -0.2) is 35.9 Å². The summed E-state index contributed by atoms with van der Waals surface area (Å²) in [6.07, 6.45) is 4.05. The molecule has 14 nitrogen and oxygen atoms in total. The SMILES string of the molecule is CCCOc1c2cccc1Cc1cc(NC(=O)NS(=O)(=O)c3ccccc3)cc(c1OCCC)Cc1cccc(c1OCCC)Cc1cc(NC(=O)NS(=O)(=O)c3ccccc3)cc(c1OCCC)C2. The summed E-state index contributed by atoms with van der Waals surface area (Å²) in [6.45, 7) is 9.72. The monoisotopic (exact) mass is 988 g/mol. The molecular formula is C54H60N4O10S2. The smallest absolute Gasteiger partial charge is 0.333 e. The van der Waals surface area contributed by atoms with Gasteiger partial charge in [-0.15, -0.1) is 0 Å². The maximum absolute atomic E-state index is 13.6. The summed E-state index contributed by atoms with van der Waals surface area (Å²) in [7, 11) is -8.38. The normalized spacial score (nSPS) is 12.3. The van der Waals surface area contributed by atoms with Crippen molar-refractivity contribution in [3.8, 4) is 23.0 Å². The van der Waals surface area contributed by atoms with E-state index in [1.165, 1.54) is 24.3 Å². The largest absolute Gasteiger partial charge is 0.493 e. The molecule has 8 bridgehead atoms. The molecule has 4 amide bonds. The van der Waals surface area contributed by atoms with Crippen LogP contribution in [0.4, 0.5) is 21.0 Å². The molecule has 0 unspecified atom stereocenters. The van der Waals surface area contributed by atoms with Gasteiger partial charge >= 0.3 is 12.1 Å². The van der Waals surface area contributed by atoms with Gasteiger partial charge in [0.2, 0.25) is 0 Å². The molecule has 0 fully saturated rings. The maximum atomic E-state index is 13.6. The minimum absolute atomic E-state index is 0.0514. The van der Waals surface area contributed by atoms with Gasteiger partial charge in [-0.3, -0.25) is 0 Å². The summed E-state index contributed by atoms with van der Waals surface area (Å²) in [5.74, 6) is 2.52. The van der Waals surface area contributed by atoms with Crippen LogP contribution in [0.3, 0.4) is 0 Å². The number of hydrogen-bond acceptors (Lipinski definition) is 10. The zero-order valence-electron chi connectivity index (χ0n) is 39.9. The van der Waals surface area contributed by atoms with E-state index in [4.69, 9.17) is 18.9 Å². The van der Waals surface area contributed by atoms with Crippen LogP contribution in [0.25, 0.3) is 0 Å². The van der Waals surface area contributed by atoms with Crippen molar-refractivity contribution in [1.29, 1.82) is 0 Å². The first-order chi connectivity index (χ1) is 33.8. The van der Waals surface area contributed by atoms with E-state index >= 15 is 0 Å². The fourth-order valence-corrected chi connectivity index (χ4v) is 10.1. The molecular weight excluding hydrogens is 929 g/mol. The van der Waals surface area contributed by atoms with Crippen LogP contribution in [0.15, 0.2) is 131 Å². The molecule has 0 atom stereocenters. The third-order valence-electron chi connectivity index (χ3n) is 11.2. The lowest BCUT2D eigenvalue weighted by atomic mass is 9.90. The number of hydrogen-bond donors (Lipinski definition) is 4. The molecule has 1 aliphatic rings.